The van der Waals surface area contributed by atoms with Gasteiger partial charge in [0, 0.05) is 19.6 Å². The van der Waals surface area contributed by atoms with Crippen LogP contribution in [0, 0.1) is 0 Å². The van der Waals surface area contributed by atoms with Crippen molar-refractivity contribution >= 4 is 11.9 Å². The van der Waals surface area contributed by atoms with E-state index in [2.05, 4.69) is 17.0 Å². The minimum Gasteiger partial charge on any atom is -0.465 e. The highest BCUT2D eigenvalue weighted by Crippen LogP contribution is 2.23. The van der Waals surface area contributed by atoms with Gasteiger partial charge in [0.15, 0.2) is 0 Å². The first-order valence-electron chi connectivity index (χ1n) is 11.9. The maximum atomic E-state index is 12.3. The zero-order chi connectivity index (χ0) is 26.0. The van der Waals surface area contributed by atoms with Gasteiger partial charge in [0.1, 0.15) is 11.5 Å². The van der Waals surface area contributed by atoms with E-state index in [9.17, 15) is 9.59 Å². The number of hydrogen-bond donors (Lipinski definition) is 0. The Morgan fingerprint density at radius 3 is 1.57 bits per heavy atom. The molecule has 0 saturated heterocycles. The zero-order valence-corrected chi connectivity index (χ0v) is 20.9. The zero-order valence-electron chi connectivity index (χ0n) is 20.9. The van der Waals surface area contributed by atoms with Crippen LogP contribution >= 0.6 is 0 Å². The minimum absolute atomic E-state index is 0.308. The van der Waals surface area contributed by atoms with Gasteiger partial charge in [-0.3, -0.25) is 4.90 Å². The van der Waals surface area contributed by atoms with Gasteiger partial charge >= 0.3 is 11.9 Å². The Hall–Kier alpha value is -4.42. The lowest BCUT2D eigenvalue weighted by molar-refractivity contribution is 0.0598. The maximum Gasteiger partial charge on any atom is 0.337 e. The summed E-state index contributed by atoms with van der Waals surface area (Å²) in [6.07, 6.45) is 0. The molecule has 4 rings (SSSR count). The second-order valence-electron chi connectivity index (χ2n) is 8.59. The monoisotopic (exact) mass is 495 g/mol. The predicted molar refractivity (Wildman–Crippen MR) is 141 cm³/mol. The fourth-order valence-corrected chi connectivity index (χ4v) is 4.07. The summed E-state index contributed by atoms with van der Waals surface area (Å²) in [6.45, 7) is 1.83. The van der Waals surface area contributed by atoms with Crippen LogP contribution in [0.15, 0.2) is 103 Å². The van der Waals surface area contributed by atoms with Gasteiger partial charge in [0.2, 0.25) is 0 Å². The van der Waals surface area contributed by atoms with Crippen molar-refractivity contribution in [3.8, 4) is 11.5 Å². The van der Waals surface area contributed by atoms with Gasteiger partial charge in [0.25, 0.3) is 0 Å². The minimum atomic E-state index is -0.504. The number of benzene rings is 4. The van der Waals surface area contributed by atoms with Crippen LogP contribution in [0.4, 0.5) is 0 Å². The van der Waals surface area contributed by atoms with Crippen molar-refractivity contribution in [2.45, 2.75) is 19.6 Å². The third kappa shape index (κ3) is 7.29. The van der Waals surface area contributed by atoms with Crippen LogP contribution in [0.5, 0.6) is 11.5 Å². The fourth-order valence-electron chi connectivity index (χ4n) is 4.07. The van der Waals surface area contributed by atoms with Crippen LogP contribution in [0.2, 0.25) is 0 Å². The summed E-state index contributed by atoms with van der Waals surface area (Å²) in [5, 5.41) is 0. The van der Waals surface area contributed by atoms with Gasteiger partial charge in [-0.1, -0.05) is 60.7 Å². The molecule has 6 heteroatoms. The first-order valence-corrected chi connectivity index (χ1v) is 11.9. The van der Waals surface area contributed by atoms with Crippen molar-refractivity contribution < 1.29 is 23.8 Å². The standard InChI is InChI=1S/C31H29NO5/c1-35-30(33)26-17-25(18-27(19-26)31(34)36-2)22-32(20-23-9-5-3-6-10-23)21-24-13-15-29(16-14-24)37-28-11-7-4-8-12-28/h3-19H,20-22H2,1-2H3. The SMILES string of the molecule is COC(=O)c1cc(CN(Cc2ccccc2)Cc2ccc(Oc3ccccc3)cc2)cc(C(=O)OC)c1. The van der Waals surface area contributed by atoms with Gasteiger partial charge in [0.05, 0.1) is 25.3 Å². The molecule has 0 aliphatic rings. The van der Waals surface area contributed by atoms with Crippen molar-refractivity contribution in [1.29, 1.82) is 0 Å². The first-order chi connectivity index (χ1) is 18.0. The van der Waals surface area contributed by atoms with Crippen LogP contribution in [0.3, 0.4) is 0 Å². The number of esters is 2. The van der Waals surface area contributed by atoms with Crippen molar-refractivity contribution in [3.05, 3.63) is 131 Å². The summed E-state index contributed by atoms with van der Waals surface area (Å²) in [7, 11) is 2.64. The molecule has 188 valence electrons. The molecule has 0 saturated carbocycles. The Kier molecular flexibility index (Phi) is 8.68. The lowest BCUT2D eigenvalue weighted by atomic mass is 10.0. The lowest BCUT2D eigenvalue weighted by Crippen LogP contribution is -2.23. The van der Waals surface area contributed by atoms with E-state index in [-0.39, 0.29) is 0 Å². The smallest absolute Gasteiger partial charge is 0.337 e. The highest BCUT2D eigenvalue weighted by atomic mass is 16.5. The van der Waals surface area contributed by atoms with Gasteiger partial charge < -0.3 is 14.2 Å². The summed E-state index contributed by atoms with van der Waals surface area (Å²) >= 11 is 0. The normalized spacial score (nSPS) is 10.7. The third-order valence-corrected chi connectivity index (χ3v) is 5.80. The molecule has 0 heterocycles. The average Bonchev–Trinajstić information content (AvgIpc) is 2.94. The molecule has 0 bridgehead atoms. The molecule has 0 radical (unpaired) electrons. The molecular formula is C31H29NO5. The molecule has 0 N–H and O–H groups in total. The Morgan fingerprint density at radius 1 is 0.568 bits per heavy atom. The van der Waals surface area contributed by atoms with E-state index in [4.69, 9.17) is 14.2 Å². The van der Waals surface area contributed by atoms with Crippen LogP contribution in [-0.2, 0) is 29.1 Å². The number of rotatable bonds is 10. The number of methoxy groups -OCH3 is 2. The summed E-state index contributed by atoms with van der Waals surface area (Å²) in [4.78, 5) is 26.8. The Labute approximate surface area is 217 Å². The molecule has 6 nitrogen and oxygen atoms in total. The lowest BCUT2D eigenvalue weighted by Gasteiger charge is -2.23. The van der Waals surface area contributed by atoms with E-state index in [1.165, 1.54) is 20.3 Å². The van der Waals surface area contributed by atoms with Crippen molar-refractivity contribution in [2.24, 2.45) is 0 Å². The van der Waals surface area contributed by atoms with Gasteiger partial charge in [-0.15, -0.1) is 0 Å². The topological polar surface area (TPSA) is 65.1 Å². The Morgan fingerprint density at radius 2 is 1.03 bits per heavy atom. The summed E-state index contributed by atoms with van der Waals surface area (Å²) < 4.78 is 15.7. The van der Waals surface area contributed by atoms with Crippen LogP contribution in [-0.4, -0.2) is 31.1 Å². The van der Waals surface area contributed by atoms with Gasteiger partial charge in [-0.25, -0.2) is 9.59 Å². The van der Waals surface area contributed by atoms with Gasteiger partial charge in [-0.2, -0.15) is 0 Å². The molecule has 4 aromatic rings. The first kappa shape index (κ1) is 25.7. The third-order valence-electron chi connectivity index (χ3n) is 5.80. The van der Waals surface area contributed by atoms with Crippen molar-refractivity contribution in [3.63, 3.8) is 0 Å². The number of ether oxygens (including phenoxy) is 3. The molecule has 4 aromatic carbocycles. The predicted octanol–water partition coefficient (Wildman–Crippen LogP) is 6.25. The Balaban J connectivity index is 1.57. The van der Waals surface area contributed by atoms with E-state index in [1.807, 2.05) is 72.8 Å². The van der Waals surface area contributed by atoms with E-state index < -0.39 is 11.9 Å². The second kappa shape index (κ2) is 12.5. The summed E-state index contributed by atoms with van der Waals surface area (Å²) in [5.74, 6) is 0.539. The number of carbonyl (C=O) groups is 2. The highest BCUT2D eigenvalue weighted by molar-refractivity contribution is 5.95. The van der Waals surface area contributed by atoms with E-state index in [0.717, 1.165) is 28.2 Å². The van der Waals surface area contributed by atoms with Crippen LogP contribution in [0.1, 0.15) is 37.4 Å². The van der Waals surface area contributed by atoms with Crippen molar-refractivity contribution in [2.75, 3.05) is 14.2 Å². The highest BCUT2D eigenvalue weighted by Gasteiger charge is 2.16. The molecule has 0 amide bonds. The molecule has 0 aliphatic heterocycles. The van der Waals surface area contributed by atoms with Crippen LogP contribution in [0.25, 0.3) is 0 Å². The largest absolute Gasteiger partial charge is 0.465 e. The maximum absolute atomic E-state index is 12.3. The molecule has 0 aliphatic carbocycles. The van der Waals surface area contributed by atoms with Crippen molar-refractivity contribution in [1.82, 2.24) is 4.90 Å². The second-order valence-corrected chi connectivity index (χ2v) is 8.59. The Bertz CT molecular complexity index is 1290. The average molecular weight is 496 g/mol. The molecule has 0 unspecified atom stereocenters. The summed E-state index contributed by atoms with van der Waals surface area (Å²) in [5.41, 5.74) is 3.69. The molecule has 37 heavy (non-hydrogen) atoms. The summed E-state index contributed by atoms with van der Waals surface area (Å²) in [6, 6.07) is 32.8. The molecule has 0 atom stereocenters. The van der Waals surface area contributed by atoms with Crippen LogP contribution < -0.4 is 4.74 Å². The van der Waals surface area contributed by atoms with Gasteiger partial charge in [-0.05, 0) is 59.2 Å². The fraction of sp³-hybridized carbons (Fsp3) is 0.161. The molecule has 0 fully saturated rings. The van der Waals surface area contributed by atoms with E-state index in [0.29, 0.717) is 30.8 Å². The number of carbonyl (C=O) groups excluding carboxylic acids is 2. The van der Waals surface area contributed by atoms with E-state index >= 15 is 0 Å². The number of para-hydroxylation sites is 1. The number of hydrogen-bond acceptors (Lipinski definition) is 6. The van der Waals surface area contributed by atoms with E-state index in [1.54, 1.807) is 12.1 Å². The quantitative estimate of drug-likeness (QED) is 0.242. The molecule has 0 spiro atoms. The molecule has 0 aromatic heterocycles. The number of nitrogens with zero attached hydrogens (tertiary/aromatic N) is 1. The molecular weight excluding hydrogens is 466 g/mol.